The van der Waals surface area contributed by atoms with E-state index >= 15 is 0 Å². The van der Waals surface area contributed by atoms with Gasteiger partial charge < -0.3 is 10.1 Å². The Hall–Kier alpha value is -2.42. The first-order valence-corrected chi connectivity index (χ1v) is 12.3. The Bertz CT molecular complexity index is 1060. The maximum absolute atomic E-state index is 13.0. The van der Waals surface area contributed by atoms with Crippen LogP contribution in [0.25, 0.3) is 0 Å². The van der Waals surface area contributed by atoms with Crippen molar-refractivity contribution in [1.82, 2.24) is 10.2 Å². The summed E-state index contributed by atoms with van der Waals surface area (Å²) in [6.45, 7) is 4.37. The highest BCUT2D eigenvalue weighted by atomic mass is 32.2. The number of carbonyl (C=O) groups excluding carboxylic acids is 1. The highest BCUT2D eigenvalue weighted by Gasteiger charge is 2.29. The van der Waals surface area contributed by atoms with Gasteiger partial charge in [-0.3, -0.25) is 9.69 Å². The number of amides is 1. The second-order valence-electron chi connectivity index (χ2n) is 8.41. The third-order valence-corrected chi connectivity index (χ3v) is 6.96. The molecule has 7 nitrogen and oxygen atoms in total. The number of rotatable bonds is 7. The van der Waals surface area contributed by atoms with E-state index in [4.69, 9.17) is 9.88 Å². The third kappa shape index (κ3) is 5.08. The molecule has 2 aromatic rings. The molecule has 0 saturated carbocycles. The Morgan fingerprint density at radius 2 is 2.03 bits per heavy atom. The maximum Gasteiger partial charge on any atom is 0.255 e. The molecule has 166 valence electrons. The van der Waals surface area contributed by atoms with E-state index in [2.05, 4.69) is 22.3 Å². The van der Waals surface area contributed by atoms with E-state index < -0.39 is 10.0 Å². The summed E-state index contributed by atoms with van der Waals surface area (Å²) in [6.07, 6.45) is 3.54. The molecule has 1 saturated heterocycles. The molecule has 8 heteroatoms. The van der Waals surface area contributed by atoms with Crippen molar-refractivity contribution >= 4 is 15.9 Å². The van der Waals surface area contributed by atoms with Crippen molar-refractivity contribution in [3.8, 4) is 5.75 Å². The van der Waals surface area contributed by atoms with Crippen molar-refractivity contribution < 1.29 is 17.9 Å². The van der Waals surface area contributed by atoms with E-state index in [0.717, 1.165) is 32.4 Å². The van der Waals surface area contributed by atoms with Crippen LogP contribution < -0.4 is 15.2 Å². The molecule has 1 amide bonds. The number of benzene rings is 2. The van der Waals surface area contributed by atoms with E-state index in [1.54, 1.807) is 0 Å². The Labute approximate surface area is 183 Å². The number of fused-ring (bicyclic) bond motifs is 1. The van der Waals surface area contributed by atoms with Crippen molar-refractivity contribution in [2.24, 2.45) is 5.14 Å². The second-order valence-corrected chi connectivity index (χ2v) is 9.98. The van der Waals surface area contributed by atoms with Crippen LogP contribution in [0.15, 0.2) is 47.4 Å². The number of nitrogens with one attached hydrogen (secondary N) is 1. The number of nitrogens with two attached hydrogens (primary N) is 1. The van der Waals surface area contributed by atoms with E-state index in [9.17, 15) is 13.2 Å². The zero-order valence-corrected chi connectivity index (χ0v) is 18.5. The predicted octanol–water partition coefficient (Wildman–Crippen LogP) is 2.09. The lowest BCUT2D eigenvalue weighted by atomic mass is 10.1. The highest BCUT2D eigenvalue weighted by Crippen LogP contribution is 2.35. The molecule has 2 heterocycles. The lowest BCUT2D eigenvalue weighted by Gasteiger charge is -2.25. The van der Waals surface area contributed by atoms with Crippen LogP contribution in [0.3, 0.4) is 0 Å². The van der Waals surface area contributed by atoms with Gasteiger partial charge in [0.25, 0.3) is 5.91 Å². The third-order valence-electron chi connectivity index (χ3n) is 6.07. The van der Waals surface area contributed by atoms with Gasteiger partial charge in [0.1, 0.15) is 11.9 Å². The molecule has 2 aliphatic rings. The molecule has 0 spiro atoms. The number of carbonyl (C=O) groups is 1. The van der Waals surface area contributed by atoms with Crippen LogP contribution in [-0.2, 0) is 22.9 Å². The maximum atomic E-state index is 13.0. The van der Waals surface area contributed by atoms with E-state index in [1.807, 2.05) is 25.1 Å². The van der Waals surface area contributed by atoms with E-state index in [0.29, 0.717) is 24.3 Å². The fourth-order valence-electron chi connectivity index (χ4n) is 4.48. The van der Waals surface area contributed by atoms with Crippen molar-refractivity contribution in [2.75, 3.05) is 19.6 Å². The molecular weight excluding hydrogens is 414 g/mol. The summed E-state index contributed by atoms with van der Waals surface area (Å²) in [7, 11) is -3.91. The summed E-state index contributed by atoms with van der Waals surface area (Å²) in [5.41, 5.74) is 2.24. The number of primary sulfonamides is 1. The molecule has 0 bridgehead atoms. The van der Waals surface area contributed by atoms with Crippen LogP contribution in [0.1, 0.15) is 41.3 Å². The Kier molecular flexibility index (Phi) is 6.31. The molecule has 0 radical (unpaired) electrons. The largest absolute Gasteiger partial charge is 0.489 e. The van der Waals surface area contributed by atoms with E-state index in [1.165, 1.54) is 17.7 Å². The zero-order valence-electron chi connectivity index (χ0n) is 17.7. The molecule has 3 N–H and O–H groups in total. The van der Waals surface area contributed by atoms with Crippen molar-refractivity contribution in [3.63, 3.8) is 0 Å². The first-order chi connectivity index (χ1) is 14.8. The zero-order chi connectivity index (χ0) is 22.0. The molecule has 0 aliphatic carbocycles. The molecule has 2 atom stereocenters. The first kappa shape index (κ1) is 21.8. The van der Waals surface area contributed by atoms with Crippen LogP contribution in [0, 0.1) is 0 Å². The standard InChI is InChI=1S/C23H29N3O4S/c1-16-12-18-13-20(31(24,28)29)14-21(22(18)30-16)23(27)25-15-19-8-5-10-26(19)11-9-17-6-3-2-4-7-17/h2-4,6-7,13-14,16,19H,5,8-12,15H2,1H3,(H,25,27)(H2,24,28,29). The lowest BCUT2D eigenvalue weighted by molar-refractivity contribution is 0.0936. The Morgan fingerprint density at radius 1 is 1.26 bits per heavy atom. The van der Waals surface area contributed by atoms with Crippen LogP contribution in [0.4, 0.5) is 0 Å². The monoisotopic (exact) mass is 443 g/mol. The van der Waals surface area contributed by atoms with Crippen molar-refractivity contribution in [1.29, 1.82) is 0 Å². The van der Waals surface area contributed by atoms with Gasteiger partial charge in [-0.15, -0.1) is 0 Å². The molecule has 2 aromatic carbocycles. The number of ether oxygens (including phenoxy) is 1. The van der Waals surface area contributed by atoms with Gasteiger partial charge in [0.2, 0.25) is 10.0 Å². The number of nitrogens with zero attached hydrogens (tertiary/aromatic N) is 1. The Balaban J connectivity index is 1.43. The van der Waals surface area contributed by atoms with Gasteiger partial charge in [0.05, 0.1) is 10.5 Å². The van der Waals surface area contributed by atoms with Gasteiger partial charge in [0, 0.05) is 25.6 Å². The summed E-state index contributed by atoms with van der Waals surface area (Å²) in [5.74, 6) is 0.135. The van der Waals surface area contributed by atoms with Crippen LogP contribution in [-0.4, -0.2) is 51.0 Å². The normalized spacial score (nSPS) is 21.0. The fraction of sp³-hybridized carbons (Fsp3) is 0.435. The predicted molar refractivity (Wildman–Crippen MR) is 119 cm³/mol. The van der Waals surface area contributed by atoms with Crippen molar-refractivity contribution in [2.45, 2.75) is 49.6 Å². The summed E-state index contributed by atoms with van der Waals surface area (Å²) in [5, 5.41) is 8.32. The van der Waals surface area contributed by atoms with Crippen LogP contribution >= 0.6 is 0 Å². The van der Waals surface area contributed by atoms with Gasteiger partial charge in [-0.2, -0.15) is 0 Å². The topological polar surface area (TPSA) is 102 Å². The minimum Gasteiger partial charge on any atom is -0.489 e. The van der Waals surface area contributed by atoms with Gasteiger partial charge in [0.15, 0.2) is 0 Å². The number of hydrogen-bond donors (Lipinski definition) is 2. The highest BCUT2D eigenvalue weighted by molar-refractivity contribution is 7.89. The van der Waals surface area contributed by atoms with Crippen LogP contribution in [0.5, 0.6) is 5.75 Å². The SMILES string of the molecule is CC1Cc2cc(S(N)(=O)=O)cc(C(=O)NCC3CCCN3CCc3ccccc3)c2O1. The molecule has 31 heavy (non-hydrogen) atoms. The summed E-state index contributed by atoms with van der Waals surface area (Å²) in [4.78, 5) is 15.3. The summed E-state index contributed by atoms with van der Waals surface area (Å²) < 4.78 is 29.6. The Morgan fingerprint density at radius 3 is 2.77 bits per heavy atom. The summed E-state index contributed by atoms with van der Waals surface area (Å²) in [6, 6.07) is 13.5. The molecule has 4 rings (SSSR count). The minimum absolute atomic E-state index is 0.0561. The van der Waals surface area contributed by atoms with E-state index in [-0.39, 0.29) is 28.5 Å². The van der Waals surface area contributed by atoms with Gasteiger partial charge in [-0.05, 0) is 56.0 Å². The molecule has 2 unspecified atom stereocenters. The number of likely N-dealkylation sites (tertiary alicyclic amines) is 1. The molecule has 0 aromatic heterocycles. The van der Waals surface area contributed by atoms with Crippen LogP contribution in [0.2, 0.25) is 0 Å². The minimum atomic E-state index is -3.91. The molecule has 2 aliphatic heterocycles. The lowest BCUT2D eigenvalue weighted by Crippen LogP contribution is -2.41. The molecule has 1 fully saturated rings. The van der Waals surface area contributed by atoms with Gasteiger partial charge in [-0.1, -0.05) is 30.3 Å². The fourth-order valence-corrected chi connectivity index (χ4v) is 5.07. The van der Waals surface area contributed by atoms with Crippen molar-refractivity contribution in [3.05, 3.63) is 59.2 Å². The number of hydrogen-bond acceptors (Lipinski definition) is 5. The average molecular weight is 444 g/mol. The van der Waals surface area contributed by atoms with Gasteiger partial charge in [-0.25, -0.2) is 13.6 Å². The van der Waals surface area contributed by atoms with Gasteiger partial charge >= 0.3 is 0 Å². The smallest absolute Gasteiger partial charge is 0.255 e. The first-order valence-electron chi connectivity index (χ1n) is 10.7. The second kappa shape index (κ2) is 8.98. The summed E-state index contributed by atoms with van der Waals surface area (Å²) >= 11 is 0. The quantitative estimate of drug-likeness (QED) is 0.682. The number of sulfonamides is 1. The average Bonchev–Trinajstić information content (AvgIpc) is 3.34. The molecular formula is C23H29N3O4S.